The SMILES string of the molecule is Cc1cc(C)n(-c2nnc(SCC(=O)NCCc3c(C)cc(C(C)(C)C)cc3C)n2N)n1. The number of carbonyl (C=O) groups excluding carboxylic acids is 1. The maximum absolute atomic E-state index is 12.4. The van der Waals surface area contributed by atoms with E-state index in [9.17, 15) is 4.79 Å². The normalized spacial score (nSPS) is 11.7. The third kappa shape index (κ3) is 5.32. The molecule has 0 saturated carbocycles. The topological polar surface area (TPSA) is 104 Å². The first kappa shape index (κ1) is 23.8. The van der Waals surface area contributed by atoms with Gasteiger partial charge in [-0.05, 0) is 67.9 Å². The maximum Gasteiger partial charge on any atom is 0.271 e. The van der Waals surface area contributed by atoms with Gasteiger partial charge < -0.3 is 11.2 Å². The Hall–Kier alpha value is -2.81. The van der Waals surface area contributed by atoms with E-state index in [1.165, 1.54) is 38.7 Å². The fraction of sp³-hybridized carbons (Fsp3) is 0.478. The van der Waals surface area contributed by atoms with Crippen molar-refractivity contribution in [1.29, 1.82) is 0 Å². The summed E-state index contributed by atoms with van der Waals surface area (Å²) in [5.74, 6) is 6.70. The molecule has 0 aliphatic carbocycles. The van der Waals surface area contributed by atoms with Crippen molar-refractivity contribution >= 4 is 17.7 Å². The van der Waals surface area contributed by atoms with Crippen molar-refractivity contribution in [2.24, 2.45) is 0 Å². The lowest BCUT2D eigenvalue weighted by molar-refractivity contribution is -0.118. The molecule has 2 heterocycles. The Morgan fingerprint density at radius 1 is 1.09 bits per heavy atom. The van der Waals surface area contributed by atoms with Gasteiger partial charge in [-0.1, -0.05) is 44.7 Å². The zero-order valence-electron chi connectivity index (χ0n) is 20.0. The monoisotopic (exact) mass is 455 g/mol. The molecule has 1 amide bonds. The molecular weight excluding hydrogens is 422 g/mol. The smallest absolute Gasteiger partial charge is 0.271 e. The van der Waals surface area contributed by atoms with Gasteiger partial charge in [0.05, 0.1) is 11.4 Å². The molecule has 2 aromatic heterocycles. The maximum atomic E-state index is 12.4. The number of aromatic nitrogens is 5. The minimum Gasteiger partial charge on any atom is -0.355 e. The van der Waals surface area contributed by atoms with E-state index in [4.69, 9.17) is 5.84 Å². The molecule has 9 heteroatoms. The zero-order valence-corrected chi connectivity index (χ0v) is 20.8. The van der Waals surface area contributed by atoms with Gasteiger partial charge in [-0.2, -0.15) is 5.10 Å². The predicted molar refractivity (Wildman–Crippen MR) is 129 cm³/mol. The van der Waals surface area contributed by atoms with Crippen LogP contribution in [0.25, 0.3) is 5.95 Å². The largest absolute Gasteiger partial charge is 0.355 e. The number of hydrogen-bond donors (Lipinski definition) is 2. The highest BCUT2D eigenvalue weighted by Crippen LogP contribution is 2.27. The van der Waals surface area contributed by atoms with E-state index in [-0.39, 0.29) is 17.1 Å². The van der Waals surface area contributed by atoms with Crippen molar-refractivity contribution in [3.8, 4) is 5.95 Å². The quantitative estimate of drug-likeness (QED) is 0.419. The van der Waals surface area contributed by atoms with Crippen LogP contribution in [-0.2, 0) is 16.6 Å². The Kier molecular flexibility index (Phi) is 6.97. The Morgan fingerprint density at radius 2 is 1.75 bits per heavy atom. The Labute approximate surface area is 194 Å². The molecule has 0 aliphatic rings. The van der Waals surface area contributed by atoms with Gasteiger partial charge in [0.2, 0.25) is 11.1 Å². The summed E-state index contributed by atoms with van der Waals surface area (Å²) in [5.41, 5.74) is 7.08. The summed E-state index contributed by atoms with van der Waals surface area (Å²) >= 11 is 1.25. The van der Waals surface area contributed by atoms with Gasteiger partial charge in [0.1, 0.15) is 0 Å². The third-order valence-electron chi connectivity index (χ3n) is 5.44. The van der Waals surface area contributed by atoms with Crippen molar-refractivity contribution in [1.82, 2.24) is 30.0 Å². The summed E-state index contributed by atoms with van der Waals surface area (Å²) in [6.45, 7) is 15.4. The molecule has 0 fully saturated rings. The lowest BCUT2D eigenvalue weighted by atomic mass is 9.83. The second-order valence-corrected chi connectivity index (χ2v) is 10.2. The first-order chi connectivity index (χ1) is 15.0. The fourth-order valence-electron chi connectivity index (χ4n) is 3.67. The molecule has 32 heavy (non-hydrogen) atoms. The minimum atomic E-state index is -0.0627. The van der Waals surface area contributed by atoms with Crippen molar-refractivity contribution in [3.63, 3.8) is 0 Å². The Bertz CT molecular complexity index is 1100. The molecule has 3 aromatic rings. The van der Waals surface area contributed by atoms with Crippen molar-refractivity contribution in [2.45, 2.75) is 65.5 Å². The zero-order chi connectivity index (χ0) is 23.6. The van der Waals surface area contributed by atoms with Crippen LogP contribution in [0.2, 0.25) is 0 Å². The lowest BCUT2D eigenvalue weighted by Gasteiger charge is -2.22. The molecule has 172 valence electrons. The molecule has 1 aromatic carbocycles. The number of nitrogens with two attached hydrogens (primary N) is 1. The highest BCUT2D eigenvalue weighted by Gasteiger charge is 2.17. The number of hydrogen-bond acceptors (Lipinski definition) is 6. The summed E-state index contributed by atoms with van der Waals surface area (Å²) in [4.78, 5) is 12.4. The highest BCUT2D eigenvalue weighted by atomic mass is 32.2. The first-order valence-electron chi connectivity index (χ1n) is 10.7. The number of rotatable bonds is 7. The number of amides is 1. The van der Waals surface area contributed by atoms with Gasteiger partial charge in [-0.25, -0.2) is 9.36 Å². The van der Waals surface area contributed by atoms with Gasteiger partial charge in [0.15, 0.2) is 0 Å². The van der Waals surface area contributed by atoms with E-state index in [0.717, 1.165) is 17.8 Å². The molecule has 3 rings (SSSR count). The molecule has 0 spiro atoms. The molecule has 0 saturated heterocycles. The van der Waals surface area contributed by atoms with Crippen molar-refractivity contribution < 1.29 is 4.79 Å². The second kappa shape index (κ2) is 9.36. The van der Waals surface area contributed by atoms with E-state index in [0.29, 0.717) is 17.6 Å². The molecule has 0 atom stereocenters. The van der Waals surface area contributed by atoms with Crippen LogP contribution in [0.5, 0.6) is 0 Å². The second-order valence-electron chi connectivity index (χ2n) is 9.22. The number of carbonyl (C=O) groups is 1. The first-order valence-corrected chi connectivity index (χ1v) is 11.7. The Balaban J connectivity index is 1.54. The summed E-state index contributed by atoms with van der Waals surface area (Å²) in [5, 5.41) is 16.1. The standard InChI is InChI=1S/C23H33N7OS/c1-14-10-18(23(5,6)7)11-15(2)19(14)8-9-25-20(31)13-32-22-27-26-21(29(22)24)30-17(4)12-16(3)28-30/h10-12H,8-9,13,24H2,1-7H3,(H,25,31). The lowest BCUT2D eigenvalue weighted by Crippen LogP contribution is -2.28. The molecule has 0 radical (unpaired) electrons. The average molecular weight is 456 g/mol. The van der Waals surface area contributed by atoms with Gasteiger partial charge >= 0.3 is 0 Å². The van der Waals surface area contributed by atoms with Crippen LogP contribution in [0, 0.1) is 27.7 Å². The number of aryl methyl sites for hydroxylation is 4. The predicted octanol–water partition coefficient (Wildman–Crippen LogP) is 3.16. The van der Waals surface area contributed by atoms with Gasteiger partial charge in [-0.3, -0.25) is 4.79 Å². The van der Waals surface area contributed by atoms with E-state index in [2.05, 4.69) is 67.4 Å². The molecule has 8 nitrogen and oxygen atoms in total. The number of nitrogens with one attached hydrogen (secondary N) is 1. The Morgan fingerprint density at radius 3 is 2.31 bits per heavy atom. The van der Waals surface area contributed by atoms with E-state index in [1.54, 1.807) is 4.68 Å². The number of nitrogens with zero attached hydrogens (tertiary/aromatic N) is 5. The summed E-state index contributed by atoms with van der Waals surface area (Å²) in [6, 6.07) is 6.46. The van der Waals surface area contributed by atoms with Gasteiger partial charge in [0, 0.05) is 12.2 Å². The fourth-order valence-corrected chi connectivity index (χ4v) is 4.35. The number of thioether (sulfide) groups is 1. The molecular formula is C23H33N7OS. The van der Waals surface area contributed by atoms with E-state index in [1.807, 2.05) is 19.9 Å². The third-order valence-corrected chi connectivity index (χ3v) is 6.38. The van der Waals surface area contributed by atoms with Gasteiger partial charge in [0.25, 0.3) is 5.95 Å². The summed E-state index contributed by atoms with van der Waals surface area (Å²) < 4.78 is 3.00. The van der Waals surface area contributed by atoms with Crippen LogP contribution < -0.4 is 11.2 Å². The van der Waals surface area contributed by atoms with Crippen LogP contribution in [0.15, 0.2) is 23.4 Å². The van der Waals surface area contributed by atoms with Crippen LogP contribution >= 0.6 is 11.8 Å². The van der Waals surface area contributed by atoms with Crippen LogP contribution in [0.1, 0.15) is 54.4 Å². The highest BCUT2D eigenvalue weighted by molar-refractivity contribution is 7.99. The number of benzene rings is 1. The number of nitrogen functional groups attached to an aromatic ring is 1. The van der Waals surface area contributed by atoms with Gasteiger partial charge in [-0.15, -0.1) is 10.2 Å². The van der Waals surface area contributed by atoms with Crippen LogP contribution in [0.3, 0.4) is 0 Å². The van der Waals surface area contributed by atoms with Crippen molar-refractivity contribution in [2.75, 3.05) is 18.1 Å². The van der Waals surface area contributed by atoms with E-state index < -0.39 is 0 Å². The summed E-state index contributed by atoms with van der Waals surface area (Å²) in [6.07, 6.45) is 0.799. The average Bonchev–Trinajstić information content (AvgIpc) is 3.22. The van der Waals surface area contributed by atoms with Crippen molar-refractivity contribution in [3.05, 3.63) is 51.8 Å². The van der Waals surface area contributed by atoms with Crippen LogP contribution in [0.4, 0.5) is 0 Å². The molecule has 0 unspecified atom stereocenters. The molecule has 0 aliphatic heterocycles. The van der Waals surface area contributed by atoms with Crippen LogP contribution in [-0.4, -0.2) is 42.9 Å². The minimum absolute atomic E-state index is 0.0627. The summed E-state index contributed by atoms with van der Waals surface area (Å²) in [7, 11) is 0. The molecule has 3 N–H and O–H groups in total. The molecule has 0 bridgehead atoms. The van der Waals surface area contributed by atoms with E-state index >= 15 is 0 Å².